The Morgan fingerprint density at radius 1 is 0.337 bits per heavy atom. The van der Waals surface area contributed by atoms with Gasteiger partial charge in [0.2, 0.25) is 5.91 Å². The molecule has 490 valence electrons. The summed E-state index contributed by atoms with van der Waals surface area (Å²) in [6.45, 7) is 4.95. The van der Waals surface area contributed by atoms with Gasteiger partial charge in [-0.2, -0.15) is 0 Å². The van der Waals surface area contributed by atoms with Gasteiger partial charge in [0.15, 0.2) is 0 Å². The van der Waals surface area contributed by atoms with Crippen molar-refractivity contribution in [3.63, 3.8) is 0 Å². The molecule has 6 heteroatoms. The first-order chi connectivity index (χ1) is 41.0. The summed E-state index contributed by atoms with van der Waals surface area (Å²) >= 11 is 0. The largest absolute Gasteiger partial charge is 0.466 e. The molecule has 0 heterocycles. The predicted octanol–water partition coefficient (Wildman–Crippen LogP) is 24.7. The van der Waals surface area contributed by atoms with Crippen LogP contribution < -0.4 is 5.32 Å². The molecule has 0 bridgehead atoms. The second kappa shape index (κ2) is 72.6. The van der Waals surface area contributed by atoms with Crippen molar-refractivity contribution in [1.29, 1.82) is 0 Å². The Balaban J connectivity index is 3.40. The van der Waals surface area contributed by atoms with Gasteiger partial charge in [0.1, 0.15) is 0 Å². The number of aliphatic hydroxyl groups is 2. The van der Waals surface area contributed by atoms with Crippen LogP contribution in [0.25, 0.3) is 0 Å². The lowest BCUT2D eigenvalue weighted by molar-refractivity contribution is -0.143. The van der Waals surface area contributed by atoms with Crippen LogP contribution >= 0.6 is 0 Å². The molecule has 1 amide bonds. The summed E-state index contributed by atoms with van der Waals surface area (Å²) in [6, 6.07) is -0.543. The number of allylic oxidation sites excluding steroid dienone is 6. The van der Waals surface area contributed by atoms with Gasteiger partial charge >= 0.3 is 5.97 Å². The highest BCUT2D eigenvalue weighted by molar-refractivity contribution is 5.76. The Morgan fingerprint density at radius 2 is 0.614 bits per heavy atom. The molecule has 0 aromatic rings. The van der Waals surface area contributed by atoms with E-state index in [-0.39, 0.29) is 18.5 Å². The summed E-state index contributed by atoms with van der Waals surface area (Å²) < 4.78 is 5.46. The van der Waals surface area contributed by atoms with Gasteiger partial charge in [0, 0.05) is 12.8 Å². The Hall–Kier alpha value is -1.92. The third-order valence-electron chi connectivity index (χ3n) is 17.7. The molecule has 0 fully saturated rings. The van der Waals surface area contributed by atoms with Crippen LogP contribution in [-0.4, -0.2) is 47.4 Å². The molecule has 2 atom stereocenters. The van der Waals surface area contributed by atoms with E-state index in [1.54, 1.807) is 0 Å². The fraction of sp³-hybridized carbons (Fsp3) is 0.896. The van der Waals surface area contributed by atoms with E-state index in [4.69, 9.17) is 4.74 Å². The smallest absolute Gasteiger partial charge is 0.305 e. The molecule has 0 aliphatic carbocycles. The van der Waals surface area contributed by atoms with E-state index in [2.05, 4.69) is 55.6 Å². The van der Waals surface area contributed by atoms with Gasteiger partial charge in [0.25, 0.3) is 0 Å². The van der Waals surface area contributed by atoms with Crippen molar-refractivity contribution in [3.05, 3.63) is 36.5 Å². The highest BCUT2D eigenvalue weighted by atomic mass is 16.5. The van der Waals surface area contributed by atoms with Crippen molar-refractivity contribution in [3.8, 4) is 0 Å². The van der Waals surface area contributed by atoms with E-state index >= 15 is 0 Å². The first-order valence-corrected chi connectivity index (χ1v) is 37.7. The highest BCUT2D eigenvalue weighted by Gasteiger charge is 2.20. The zero-order chi connectivity index (χ0) is 59.9. The molecule has 0 spiro atoms. The maximum atomic E-state index is 12.6. The number of nitrogens with one attached hydrogen (secondary N) is 1. The first-order valence-electron chi connectivity index (χ1n) is 37.7. The standard InChI is InChI=1S/C77H147NO5/c1-3-5-7-9-11-13-15-16-17-18-19-20-21-31-34-37-40-43-46-50-53-57-61-65-69-75(80)74(73-79)78-76(81)70-66-62-58-54-51-47-44-41-38-35-32-29-27-25-23-22-24-26-28-30-33-36-39-42-45-48-52-56-60-64-68-72-83-77(82)71-67-63-59-55-49-14-12-10-8-6-4-2/h10,12,24,26,30,33,74-75,79-80H,3-9,11,13-23,25,27-29,31-32,34-73H2,1-2H3,(H,78,81)/b12-10-,26-24-,33-30-. The molecule has 0 saturated carbocycles. The van der Waals surface area contributed by atoms with Gasteiger partial charge in [-0.25, -0.2) is 0 Å². The molecular formula is C77H147NO5. The van der Waals surface area contributed by atoms with E-state index in [1.165, 1.54) is 334 Å². The number of rotatable bonds is 71. The number of carbonyl (C=O) groups is 2. The Labute approximate surface area is 519 Å². The number of ether oxygens (including phenoxy) is 1. The minimum Gasteiger partial charge on any atom is -0.466 e. The van der Waals surface area contributed by atoms with Crippen molar-refractivity contribution in [2.45, 2.75) is 431 Å². The average Bonchev–Trinajstić information content (AvgIpc) is 3.49. The molecule has 0 saturated heterocycles. The Kier molecular flexibility index (Phi) is 70.9. The van der Waals surface area contributed by atoms with Gasteiger partial charge in [0.05, 0.1) is 25.4 Å². The molecule has 0 aromatic heterocycles. The second-order valence-electron chi connectivity index (χ2n) is 26.0. The molecule has 0 aliphatic heterocycles. The lowest BCUT2D eigenvalue weighted by Crippen LogP contribution is -2.45. The van der Waals surface area contributed by atoms with Crippen LogP contribution in [0.2, 0.25) is 0 Å². The lowest BCUT2D eigenvalue weighted by Gasteiger charge is -2.22. The molecule has 0 rings (SSSR count). The maximum Gasteiger partial charge on any atom is 0.305 e. The number of amides is 1. The third kappa shape index (κ3) is 69.1. The van der Waals surface area contributed by atoms with Crippen molar-refractivity contribution in [1.82, 2.24) is 5.32 Å². The van der Waals surface area contributed by atoms with Crippen molar-refractivity contribution >= 4 is 11.9 Å². The van der Waals surface area contributed by atoms with Gasteiger partial charge in [-0.05, 0) is 77.0 Å². The fourth-order valence-electron chi connectivity index (χ4n) is 11.9. The Bertz CT molecular complexity index is 1340. The molecule has 83 heavy (non-hydrogen) atoms. The van der Waals surface area contributed by atoms with Gasteiger partial charge in [-0.3, -0.25) is 9.59 Å². The van der Waals surface area contributed by atoms with Crippen molar-refractivity contribution in [2.24, 2.45) is 0 Å². The zero-order valence-corrected chi connectivity index (χ0v) is 56.2. The zero-order valence-electron chi connectivity index (χ0n) is 56.2. The normalized spacial score (nSPS) is 12.7. The van der Waals surface area contributed by atoms with Crippen molar-refractivity contribution < 1.29 is 24.5 Å². The summed E-state index contributed by atoms with van der Waals surface area (Å²) in [7, 11) is 0. The van der Waals surface area contributed by atoms with Crippen molar-refractivity contribution in [2.75, 3.05) is 13.2 Å². The van der Waals surface area contributed by atoms with Crippen LogP contribution in [0.3, 0.4) is 0 Å². The second-order valence-corrected chi connectivity index (χ2v) is 26.0. The summed E-state index contributed by atoms with van der Waals surface area (Å²) in [4.78, 5) is 24.6. The molecule has 6 nitrogen and oxygen atoms in total. The molecule has 0 radical (unpaired) electrons. The number of unbranched alkanes of at least 4 members (excludes halogenated alkanes) is 54. The van der Waals surface area contributed by atoms with E-state index in [0.29, 0.717) is 25.9 Å². The SMILES string of the molecule is CCCC/C=C\CCCCCCCC(=O)OCCCCCCCCCCC/C=C\C/C=C\CCCCCCCCCCCCCCCCCC(=O)NC(CO)C(O)CCCCCCCCCCCCCCCCCCCCCCCCCC. The van der Waals surface area contributed by atoms with Crippen LogP contribution in [0.5, 0.6) is 0 Å². The fourth-order valence-corrected chi connectivity index (χ4v) is 11.9. The molecule has 0 aromatic carbocycles. The van der Waals surface area contributed by atoms with E-state index < -0.39 is 12.1 Å². The average molecular weight is 1170 g/mol. The molecule has 2 unspecified atom stereocenters. The van der Waals surface area contributed by atoms with E-state index in [9.17, 15) is 19.8 Å². The van der Waals surface area contributed by atoms with Crippen LogP contribution in [-0.2, 0) is 14.3 Å². The van der Waals surface area contributed by atoms with Gasteiger partial charge in [-0.1, -0.05) is 365 Å². The number of aliphatic hydroxyl groups excluding tert-OH is 2. The maximum absolute atomic E-state index is 12.6. The first kappa shape index (κ1) is 81.1. The number of hydrogen-bond acceptors (Lipinski definition) is 5. The minimum absolute atomic E-state index is 0.00255. The van der Waals surface area contributed by atoms with E-state index in [0.717, 1.165) is 51.4 Å². The van der Waals surface area contributed by atoms with Crippen LogP contribution in [0, 0.1) is 0 Å². The number of hydrogen-bond donors (Lipinski definition) is 3. The minimum atomic E-state index is -0.666. The number of carbonyl (C=O) groups excluding carboxylic acids is 2. The van der Waals surface area contributed by atoms with Gasteiger partial charge in [-0.15, -0.1) is 0 Å². The summed E-state index contributed by atoms with van der Waals surface area (Å²) in [6.07, 6.45) is 93.6. The highest BCUT2D eigenvalue weighted by Crippen LogP contribution is 2.19. The lowest BCUT2D eigenvalue weighted by atomic mass is 10.0. The molecule has 3 N–H and O–H groups in total. The topological polar surface area (TPSA) is 95.9 Å². The quantitative estimate of drug-likeness (QED) is 0.0320. The van der Waals surface area contributed by atoms with E-state index in [1.807, 2.05) is 0 Å². The summed E-state index contributed by atoms with van der Waals surface area (Å²) in [5.74, 6) is -0.0268. The number of esters is 1. The Morgan fingerprint density at radius 3 is 0.964 bits per heavy atom. The molecular weight excluding hydrogens is 1020 g/mol. The molecule has 0 aliphatic rings. The van der Waals surface area contributed by atoms with Crippen LogP contribution in [0.4, 0.5) is 0 Å². The monoisotopic (exact) mass is 1170 g/mol. The van der Waals surface area contributed by atoms with Crippen LogP contribution in [0.1, 0.15) is 418 Å². The predicted molar refractivity (Wildman–Crippen MR) is 366 cm³/mol. The third-order valence-corrected chi connectivity index (χ3v) is 17.7. The van der Waals surface area contributed by atoms with Gasteiger partial charge < -0.3 is 20.3 Å². The summed E-state index contributed by atoms with van der Waals surface area (Å²) in [5, 5.41) is 23.5. The van der Waals surface area contributed by atoms with Crippen LogP contribution in [0.15, 0.2) is 36.5 Å². The summed E-state index contributed by atoms with van der Waals surface area (Å²) in [5.41, 5.74) is 0.